The van der Waals surface area contributed by atoms with E-state index in [0.29, 0.717) is 12.2 Å². The second-order valence-electron chi connectivity index (χ2n) is 4.85. The summed E-state index contributed by atoms with van der Waals surface area (Å²) in [6.07, 6.45) is 0. The molecule has 108 valence electrons. The van der Waals surface area contributed by atoms with Crippen LogP contribution in [0.5, 0.6) is 0 Å². The lowest BCUT2D eigenvalue weighted by atomic mass is 10.2. The van der Waals surface area contributed by atoms with Gasteiger partial charge in [-0.25, -0.2) is 4.79 Å². The predicted molar refractivity (Wildman–Crippen MR) is 82.8 cm³/mol. The summed E-state index contributed by atoms with van der Waals surface area (Å²) in [4.78, 5) is 24.8. The highest BCUT2D eigenvalue weighted by Gasteiger charge is 2.20. The molecule has 5 heteroatoms. The Morgan fingerprint density at radius 3 is 2.24 bits per heavy atom. The highest BCUT2D eigenvalue weighted by Crippen LogP contribution is 2.17. The Labute approximate surface area is 123 Å². The van der Waals surface area contributed by atoms with Gasteiger partial charge in [0.1, 0.15) is 0 Å². The van der Waals surface area contributed by atoms with Gasteiger partial charge in [-0.3, -0.25) is 0 Å². The summed E-state index contributed by atoms with van der Waals surface area (Å²) in [6.45, 7) is 2.35. The van der Waals surface area contributed by atoms with Crippen LogP contribution in [-0.2, 0) is 6.54 Å². The molecule has 0 radical (unpaired) electrons. The first-order valence-electron chi connectivity index (χ1n) is 6.61. The number of rotatable bonds is 4. The molecule has 0 bridgehead atoms. The smallest absolute Gasteiger partial charge is 0.321 e. The largest absolute Gasteiger partial charge is 0.347 e. The summed E-state index contributed by atoms with van der Waals surface area (Å²) in [7, 11) is 1.64. The maximum Gasteiger partial charge on any atom is 0.347 e. The van der Waals surface area contributed by atoms with Crippen molar-refractivity contribution >= 4 is 11.7 Å². The number of anilines is 1. The van der Waals surface area contributed by atoms with Crippen LogP contribution in [0.4, 0.5) is 10.5 Å². The third-order valence-corrected chi connectivity index (χ3v) is 3.13. The molecule has 0 fully saturated rings. The van der Waals surface area contributed by atoms with Crippen LogP contribution in [0.2, 0.25) is 0 Å². The van der Waals surface area contributed by atoms with Crippen molar-refractivity contribution in [3.05, 3.63) is 70.6 Å². The monoisotopic (exact) mass is 283 g/mol. The zero-order chi connectivity index (χ0) is 15.2. The van der Waals surface area contributed by atoms with Gasteiger partial charge in [0.25, 0.3) is 0 Å². The average Bonchev–Trinajstić information content (AvgIpc) is 2.50. The summed E-state index contributed by atoms with van der Waals surface area (Å²) >= 11 is 0. The van der Waals surface area contributed by atoms with Crippen LogP contribution in [0.25, 0.3) is 0 Å². The SMILES string of the molecule is Cc1ccc(N(N=O)C(=O)N(C)Cc2ccccc2)cc1. The number of carbonyl (C=O) groups excluding carboxylic acids is 1. The summed E-state index contributed by atoms with van der Waals surface area (Å²) in [5, 5.41) is 3.71. The lowest BCUT2D eigenvalue weighted by Gasteiger charge is -2.22. The second kappa shape index (κ2) is 6.65. The van der Waals surface area contributed by atoms with Gasteiger partial charge >= 0.3 is 6.03 Å². The van der Waals surface area contributed by atoms with E-state index in [9.17, 15) is 9.70 Å². The van der Waals surface area contributed by atoms with Gasteiger partial charge in [0.2, 0.25) is 0 Å². The molecule has 0 aliphatic heterocycles. The minimum atomic E-state index is -0.460. The molecule has 2 amide bonds. The lowest BCUT2D eigenvalue weighted by molar-refractivity contribution is 0.213. The Morgan fingerprint density at radius 2 is 1.67 bits per heavy atom. The maximum atomic E-state index is 12.3. The number of carbonyl (C=O) groups is 1. The predicted octanol–water partition coefficient (Wildman–Crippen LogP) is 3.73. The zero-order valence-corrected chi connectivity index (χ0v) is 12.1. The summed E-state index contributed by atoms with van der Waals surface area (Å²) < 4.78 is 0. The standard InChI is InChI=1S/C16H17N3O2/c1-13-8-10-15(11-9-13)19(17-21)16(20)18(2)12-14-6-4-3-5-7-14/h3-11H,12H2,1-2H3. The number of nitrogens with zero attached hydrogens (tertiary/aromatic N) is 3. The molecule has 2 aromatic rings. The molecule has 5 nitrogen and oxygen atoms in total. The quantitative estimate of drug-likeness (QED) is 0.634. The number of amides is 2. The Hall–Kier alpha value is -2.69. The van der Waals surface area contributed by atoms with E-state index < -0.39 is 6.03 Å². The molecular weight excluding hydrogens is 266 g/mol. The molecule has 21 heavy (non-hydrogen) atoms. The number of benzene rings is 2. The van der Waals surface area contributed by atoms with E-state index in [1.165, 1.54) is 4.90 Å². The van der Waals surface area contributed by atoms with Crippen LogP contribution in [-0.4, -0.2) is 18.0 Å². The zero-order valence-electron chi connectivity index (χ0n) is 12.1. The van der Waals surface area contributed by atoms with Gasteiger partial charge in [0.05, 0.1) is 11.0 Å². The minimum absolute atomic E-state index is 0.414. The van der Waals surface area contributed by atoms with Gasteiger partial charge in [-0.1, -0.05) is 48.0 Å². The van der Waals surface area contributed by atoms with E-state index >= 15 is 0 Å². The number of hydrogen-bond acceptors (Lipinski definition) is 3. The molecule has 0 spiro atoms. The van der Waals surface area contributed by atoms with Crippen molar-refractivity contribution in [1.29, 1.82) is 0 Å². The van der Waals surface area contributed by atoms with E-state index in [4.69, 9.17) is 0 Å². The van der Waals surface area contributed by atoms with Crippen LogP contribution in [0.15, 0.2) is 59.9 Å². The second-order valence-corrected chi connectivity index (χ2v) is 4.85. The van der Waals surface area contributed by atoms with Crippen LogP contribution < -0.4 is 5.01 Å². The van der Waals surface area contributed by atoms with Crippen molar-refractivity contribution < 1.29 is 4.79 Å². The van der Waals surface area contributed by atoms with E-state index in [1.807, 2.05) is 49.4 Å². The summed E-state index contributed by atoms with van der Waals surface area (Å²) in [6, 6.07) is 16.2. The fourth-order valence-corrected chi connectivity index (χ4v) is 1.97. The van der Waals surface area contributed by atoms with Crippen molar-refractivity contribution in [3.8, 4) is 0 Å². The molecule has 2 aromatic carbocycles. The van der Waals surface area contributed by atoms with Crippen LogP contribution >= 0.6 is 0 Å². The van der Waals surface area contributed by atoms with Gasteiger partial charge in [-0.15, -0.1) is 9.92 Å². The van der Waals surface area contributed by atoms with Gasteiger partial charge in [0, 0.05) is 13.6 Å². The van der Waals surface area contributed by atoms with E-state index in [1.54, 1.807) is 19.2 Å². The number of hydrogen-bond donors (Lipinski definition) is 0. The number of aryl methyl sites for hydroxylation is 1. The molecule has 0 saturated heterocycles. The maximum absolute atomic E-state index is 12.3. The molecule has 0 aliphatic carbocycles. The Balaban J connectivity index is 2.12. The van der Waals surface area contributed by atoms with Crippen molar-refractivity contribution in [3.63, 3.8) is 0 Å². The highest BCUT2D eigenvalue weighted by atomic mass is 16.3. The fourth-order valence-electron chi connectivity index (χ4n) is 1.97. The minimum Gasteiger partial charge on any atom is -0.321 e. The van der Waals surface area contributed by atoms with Crippen LogP contribution in [0.3, 0.4) is 0 Å². The third-order valence-electron chi connectivity index (χ3n) is 3.13. The summed E-state index contributed by atoms with van der Waals surface area (Å²) in [5.74, 6) is 0. The van der Waals surface area contributed by atoms with Crippen molar-refractivity contribution in [2.75, 3.05) is 12.1 Å². The Bertz CT molecular complexity index is 611. The van der Waals surface area contributed by atoms with Crippen molar-refractivity contribution in [1.82, 2.24) is 4.90 Å². The third kappa shape index (κ3) is 3.66. The molecule has 0 aromatic heterocycles. The molecule has 2 rings (SSSR count). The number of urea groups is 1. The van der Waals surface area contributed by atoms with E-state index in [-0.39, 0.29) is 0 Å². The van der Waals surface area contributed by atoms with E-state index in [0.717, 1.165) is 16.1 Å². The van der Waals surface area contributed by atoms with E-state index in [2.05, 4.69) is 5.29 Å². The van der Waals surface area contributed by atoms with Gasteiger partial charge in [0.15, 0.2) is 0 Å². The van der Waals surface area contributed by atoms with Gasteiger partial charge < -0.3 is 4.90 Å². The normalized spacial score (nSPS) is 10.0. The Kier molecular flexibility index (Phi) is 4.66. The first-order valence-corrected chi connectivity index (χ1v) is 6.61. The van der Waals surface area contributed by atoms with Crippen molar-refractivity contribution in [2.45, 2.75) is 13.5 Å². The fraction of sp³-hybridized carbons (Fsp3) is 0.188. The van der Waals surface area contributed by atoms with Crippen LogP contribution in [0, 0.1) is 11.8 Å². The van der Waals surface area contributed by atoms with Crippen LogP contribution in [0.1, 0.15) is 11.1 Å². The number of nitroso groups, excluding NO2 is 1. The highest BCUT2D eigenvalue weighted by molar-refractivity contribution is 5.91. The molecular formula is C16H17N3O2. The first kappa shape index (κ1) is 14.7. The van der Waals surface area contributed by atoms with Crippen molar-refractivity contribution in [2.24, 2.45) is 5.29 Å². The topological polar surface area (TPSA) is 53.0 Å². The van der Waals surface area contributed by atoms with Gasteiger partial charge in [-0.2, -0.15) is 0 Å². The summed E-state index contributed by atoms with van der Waals surface area (Å²) in [5.41, 5.74) is 2.50. The molecule has 0 N–H and O–H groups in total. The molecule has 0 heterocycles. The first-order chi connectivity index (χ1) is 10.1. The lowest BCUT2D eigenvalue weighted by Crippen LogP contribution is -2.37. The Morgan fingerprint density at radius 1 is 1.05 bits per heavy atom. The van der Waals surface area contributed by atoms with Gasteiger partial charge in [-0.05, 0) is 24.6 Å². The molecule has 0 atom stereocenters. The molecule has 0 aliphatic rings. The molecule has 0 unspecified atom stereocenters. The molecule has 0 saturated carbocycles. The average molecular weight is 283 g/mol.